The minimum atomic E-state index is -0.398. The number of nitrogens with zero attached hydrogens (tertiary/aromatic N) is 1. The van der Waals surface area contributed by atoms with Crippen molar-refractivity contribution in [2.75, 3.05) is 13.7 Å². The van der Waals surface area contributed by atoms with Crippen LogP contribution in [-0.4, -0.2) is 13.7 Å². The monoisotopic (exact) mass is 272 g/mol. The van der Waals surface area contributed by atoms with Crippen LogP contribution in [0.25, 0.3) is 0 Å². The third kappa shape index (κ3) is 2.92. The Hall–Kier alpha value is -2.45. The van der Waals surface area contributed by atoms with Crippen LogP contribution in [0.3, 0.4) is 0 Å². The van der Waals surface area contributed by atoms with Crippen molar-refractivity contribution in [1.82, 2.24) is 0 Å². The lowest BCUT2D eigenvalue weighted by atomic mass is 10.2. The number of benzene rings is 1. The third-order valence-electron chi connectivity index (χ3n) is 2.85. The van der Waals surface area contributed by atoms with Gasteiger partial charge in [0.05, 0.1) is 18.7 Å². The van der Waals surface area contributed by atoms with Gasteiger partial charge in [0.25, 0.3) is 0 Å². The van der Waals surface area contributed by atoms with Crippen LogP contribution in [0.15, 0.2) is 34.7 Å². The molecule has 1 aromatic carbocycles. The second-order valence-corrected chi connectivity index (χ2v) is 4.27. The maximum atomic E-state index is 8.88. The molecule has 2 rings (SSSR count). The largest absolute Gasteiger partial charge is 0.493 e. The molecule has 0 saturated heterocycles. The highest BCUT2D eigenvalue weighted by molar-refractivity contribution is 5.46. The second kappa shape index (κ2) is 6.13. The number of hydrogen-bond acceptors (Lipinski definition) is 5. The van der Waals surface area contributed by atoms with Crippen LogP contribution < -0.4 is 15.2 Å². The number of furan rings is 1. The summed E-state index contributed by atoms with van der Waals surface area (Å²) in [5.74, 6) is 2.48. The Kier molecular flexibility index (Phi) is 4.28. The molecule has 1 unspecified atom stereocenters. The highest BCUT2D eigenvalue weighted by Crippen LogP contribution is 2.32. The second-order valence-electron chi connectivity index (χ2n) is 4.27. The molecule has 1 atom stereocenters. The maximum Gasteiger partial charge on any atom is 0.168 e. The number of rotatable bonds is 5. The van der Waals surface area contributed by atoms with Crippen molar-refractivity contribution in [3.05, 3.63) is 47.4 Å². The SMILES string of the molecule is COc1cc(C#N)ccc1OC(CN)c1ccc(C)o1. The molecule has 0 bridgehead atoms. The third-order valence-corrected chi connectivity index (χ3v) is 2.85. The minimum absolute atomic E-state index is 0.274. The molecule has 104 valence electrons. The van der Waals surface area contributed by atoms with Gasteiger partial charge >= 0.3 is 0 Å². The van der Waals surface area contributed by atoms with E-state index in [0.29, 0.717) is 22.8 Å². The van der Waals surface area contributed by atoms with Gasteiger partial charge in [0.15, 0.2) is 17.6 Å². The van der Waals surface area contributed by atoms with Crippen LogP contribution in [0.1, 0.15) is 23.2 Å². The fraction of sp³-hybridized carbons (Fsp3) is 0.267. The smallest absolute Gasteiger partial charge is 0.168 e. The van der Waals surface area contributed by atoms with E-state index in [9.17, 15) is 0 Å². The molecule has 0 saturated carbocycles. The summed E-state index contributed by atoms with van der Waals surface area (Å²) < 4.78 is 16.6. The van der Waals surface area contributed by atoms with E-state index in [4.69, 9.17) is 24.9 Å². The van der Waals surface area contributed by atoms with E-state index in [-0.39, 0.29) is 6.54 Å². The lowest BCUT2D eigenvalue weighted by molar-refractivity contribution is 0.175. The molecule has 0 amide bonds. The summed E-state index contributed by atoms with van der Waals surface area (Å²) in [7, 11) is 1.53. The first-order chi connectivity index (χ1) is 9.67. The van der Waals surface area contributed by atoms with Crippen molar-refractivity contribution in [2.45, 2.75) is 13.0 Å². The van der Waals surface area contributed by atoms with Crippen molar-refractivity contribution in [2.24, 2.45) is 5.73 Å². The van der Waals surface area contributed by atoms with Crippen LogP contribution in [0.2, 0.25) is 0 Å². The Morgan fingerprint density at radius 1 is 1.30 bits per heavy atom. The van der Waals surface area contributed by atoms with Crippen LogP contribution >= 0.6 is 0 Å². The average molecular weight is 272 g/mol. The van der Waals surface area contributed by atoms with E-state index >= 15 is 0 Å². The number of nitriles is 1. The molecule has 0 aliphatic heterocycles. The number of nitrogens with two attached hydrogens (primary N) is 1. The predicted octanol–water partition coefficient (Wildman–Crippen LogP) is 2.55. The molecule has 0 fully saturated rings. The predicted molar refractivity (Wildman–Crippen MR) is 73.6 cm³/mol. The quantitative estimate of drug-likeness (QED) is 0.904. The van der Waals surface area contributed by atoms with E-state index < -0.39 is 6.10 Å². The molecule has 0 aliphatic rings. The lowest BCUT2D eigenvalue weighted by Crippen LogP contribution is -2.18. The molecule has 0 spiro atoms. The molecule has 20 heavy (non-hydrogen) atoms. The van der Waals surface area contributed by atoms with Crippen LogP contribution in [-0.2, 0) is 0 Å². The fourth-order valence-electron chi connectivity index (χ4n) is 1.84. The summed E-state index contributed by atoms with van der Waals surface area (Å²) in [4.78, 5) is 0. The van der Waals surface area contributed by atoms with Crippen molar-refractivity contribution in [3.63, 3.8) is 0 Å². The Morgan fingerprint density at radius 3 is 2.65 bits per heavy atom. The lowest BCUT2D eigenvalue weighted by Gasteiger charge is -2.17. The summed E-state index contributed by atoms with van der Waals surface area (Å²) in [5.41, 5.74) is 6.24. The molecule has 0 radical (unpaired) electrons. The number of hydrogen-bond donors (Lipinski definition) is 1. The molecule has 2 aromatic rings. The zero-order valence-corrected chi connectivity index (χ0v) is 11.4. The first-order valence-electron chi connectivity index (χ1n) is 6.19. The number of ether oxygens (including phenoxy) is 2. The highest BCUT2D eigenvalue weighted by Gasteiger charge is 2.17. The Morgan fingerprint density at radius 2 is 2.10 bits per heavy atom. The van der Waals surface area contributed by atoms with E-state index in [1.807, 2.05) is 19.1 Å². The summed E-state index contributed by atoms with van der Waals surface area (Å²) in [6.07, 6.45) is -0.398. The van der Waals surface area contributed by atoms with Crippen molar-refractivity contribution >= 4 is 0 Å². The highest BCUT2D eigenvalue weighted by atomic mass is 16.5. The van der Waals surface area contributed by atoms with Crippen molar-refractivity contribution in [1.29, 1.82) is 5.26 Å². The van der Waals surface area contributed by atoms with Gasteiger partial charge < -0.3 is 19.6 Å². The Labute approximate surface area is 117 Å². The van der Waals surface area contributed by atoms with Gasteiger partial charge in [0.2, 0.25) is 0 Å². The first kappa shape index (κ1) is 14.0. The average Bonchev–Trinajstić information content (AvgIpc) is 2.91. The summed E-state index contributed by atoms with van der Waals surface area (Å²) in [5, 5.41) is 8.88. The van der Waals surface area contributed by atoms with E-state index in [1.165, 1.54) is 7.11 Å². The van der Waals surface area contributed by atoms with Gasteiger partial charge in [-0.1, -0.05) is 0 Å². The maximum absolute atomic E-state index is 8.88. The van der Waals surface area contributed by atoms with Crippen LogP contribution in [0.4, 0.5) is 0 Å². The standard InChI is InChI=1S/C15H16N2O3/c1-10-3-5-13(19-10)15(9-17)20-12-6-4-11(8-16)7-14(12)18-2/h3-7,15H,9,17H2,1-2H3. The van der Waals surface area contributed by atoms with Crippen molar-refractivity contribution in [3.8, 4) is 17.6 Å². The molecule has 0 aliphatic carbocycles. The van der Waals surface area contributed by atoms with Gasteiger partial charge in [-0.15, -0.1) is 0 Å². The van der Waals surface area contributed by atoms with Gasteiger partial charge in [-0.25, -0.2) is 0 Å². The first-order valence-corrected chi connectivity index (χ1v) is 6.19. The molecule has 2 N–H and O–H groups in total. The molecule has 5 nitrogen and oxygen atoms in total. The molecule has 1 aromatic heterocycles. The zero-order chi connectivity index (χ0) is 14.5. The normalized spacial score (nSPS) is 11.7. The summed E-state index contributed by atoms with van der Waals surface area (Å²) in [6, 6.07) is 10.7. The zero-order valence-electron chi connectivity index (χ0n) is 11.4. The van der Waals surface area contributed by atoms with E-state index in [0.717, 1.165) is 5.76 Å². The Balaban J connectivity index is 2.26. The molecular weight excluding hydrogens is 256 g/mol. The summed E-state index contributed by atoms with van der Waals surface area (Å²) >= 11 is 0. The topological polar surface area (TPSA) is 81.4 Å². The van der Waals surface area contributed by atoms with Crippen LogP contribution in [0, 0.1) is 18.3 Å². The summed E-state index contributed by atoms with van der Waals surface area (Å²) in [6.45, 7) is 2.13. The van der Waals surface area contributed by atoms with Crippen molar-refractivity contribution < 1.29 is 13.9 Å². The fourth-order valence-corrected chi connectivity index (χ4v) is 1.84. The van der Waals surface area contributed by atoms with E-state index in [1.54, 1.807) is 18.2 Å². The molecular formula is C15H16N2O3. The number of aryl methyl sites for hydroxylation is 1. The minimum Gasteiger partial charge on any atom is -0.493 e. The van der Waals surface area contributed by atoms with Gasteiger partial charge in [-0.2, -0.15) is 5.26 Å². The van der Waals surface area contributed by atoms with Crippen LogP contribution in [0.5, 0.6) is 11.5 Å². The van der Waals surface area contributed by atoms with Gasteiger partial charge in [-0.3, -0.25) is 0 Å². The molecule has 1 heterocycles. The van der Waals surface area contributed by atoms with Gasteiger partial charge in [0, 0.05) is 12.6 Å². The molecule has 5 heteroatoms. The van der Waals surface area contributed by atoms with E-state index in [2.05, 4.69) is 6.07 Å². The van der Waals surface area contributed by atoms with Gasteiger partial charge in [0.1, 0.15) is 11.5 Å². The number of methoxy groups -OCH3 is 1. The van der Waals surface area contributed by atoms with Gasteiger partial charge in [-0.05, 0) is 31.2 Å². The Bertz CT molecular complexity index is 628.